The van der Waals surface area contributed by atoms with E-state index < -0.39 is 11.9 Å². The van der Waals surface area contributed by atoms with Crippen molar-refractivity contribution in [2.45, 2.75) is 38.2 Å². The normalized spacial score (nSPS) is 14.5. The van der Waals surface area contributed by atoms with Crippen molar-refractivity contribution in [1.29, 1.82) is 0 Å². The van der Waals surface area contributed by atoms with Crippen molar-refractivity contribution >= 4 is 18.0 Å². The summed E-state index contributed by atoms with van der Waals surface area (Å²) in [6, 6.07) is 15.8. The van der Waals surface area contributed by atoms with Gasteiger partial charge in [-0.25, -0.2) is 9.59 Å². The molecule has 4 aromatic rings. The third-order valence-electron chi connectivity index (χ3n) is 8.30. The first-order valence-corrected chi connectivity index (χ1v) is 14.9. The number of aromatic amines is 1. The number of carboxylic acid groups (broad SMARTS) is 2. The summed E-state index contributed by atoms with van der Waals surface area (Å²) in [5.74, 6) is 0.882. The minimum atomic E-state index is -1.07. The summed E-state index contributed by atoms with van der Waals surface area (Å²) >= 11 is 0. The number of benzene rings is 3. The molecule has 11 heteroatoms. The van der Waals surface area contributed by atoms with Crippen LogP contribution in [0.3, 0.4) is 0 Å². The lowest BCUT2D eigenvalue weighted by Gasteiger charge is -2.22. The van der Waals surface area contributed by atoms with Crippen molar-refractivity contribution in [1.82, 2.24) is 10.2 Å². The van der Waals surface area contributed by atoms with Crippen LogP contribution in [0.1, 0.15) is 63.5 Å². The molecule has 1 aliphatic carbocycles. The van der Waals surface area contributed by atoms with Crippen LogP contribution in [-0.2, 0) is 17.8 Å². The highest BCUT2D eigenvalue weighted by Crippen LogP contribution is 2.45. The van der Waals surface area contributed by atoms with Gasteiger partial charge in [-0.15, -0.1) is 0 Å². The van der Waals surface area contributed by atoms with Gasteiger partial charge >= 0.3 is 11.9 Å². The van der Waals surface area contributed by atoms with Crippen LogP contribution in [-0.4, -0.2) is 53.4 Å². The standard InChI is InChI=1S/C35H34N2O9/c1-42-25-9-10-27(30(15-25)44-18-21-5-3-4-6-26(21)35(40)41)28(11-20-7-8-20)33-24(17-36-37-33)13-23(34(38)39)12-22-14-31-32(46-19-45-31)16-29(22)43-2/h3-6,9-10,13-17,20,28H,7-8,11-12,18-19H2,1-2H3,(H,36,37)(H,38,39)(H,40,41). The van der Waals surface area contributed by atoms with Crippen LogP contribution < -0.4 is 23.7 Å². The van der Waals surface area contributed by atoms with Crippen molar-refractivity contribution in [3.05, 3.63) is 99.9 Å². The zero-order chi connectivity index (χ0) is 32.2. The molecule has 3 aromatic carbocycles. The van der Waals surface area contributed by atoms with Crippen LogP contribution in [0.15, 0.2) is 66.4 Å². The van der Waals surface area contributed by atoms with Gasteiger partial charge in [0, 0.05) is 52.3 Å². The van der Waals surface area contributed by atoms with E-state index >= 15 is 0 Å². The molecule has 0 radical (unpaired) electrons. The highest BCUT2D eigenvalue weighted by atomic mass is 16.7. The van der Waals surface area contributed by atoms with Crippen molar-refractivity contribution in [2.24, 2.45) is 5.92 Å². The molecule has 238 valence electrons. The minimum Gasteiger partial charge on any atom is -0.497 e. The van der Waals surface area contributed by atoms with Gasteiger partial charge in [-0.1, -0.05) is 37.1 Å². The number of rotatable bonds is 14. The molecule has 1 aromatic heterocycles. The van der Waals surface area contributed by atoms with Crippen molar-refractivity contribution in [3.63, 3.8) is 0 Å². The van der Waals surface area contributed by atoms with E-state index in [1.165, 1.54) is 7.11 Å². The zero-order valence-corrected chi connectivity index (χ0v) is 25.4. The van der Waals surface area contributed by atoms with Gasteiger partial charge in [0.05, 0.1) is 31.7 Å². The Labute approximate surface area is 265 Å². The monoisotopic (exact) mass is 626 g/mol. The van der Waals surface area contributed by atoms with Crippen LogP contribution >= 0.6 is 0 Å². The first kappa shape index (κ1) is 30.6. The average Bonchev–Trinajstić information content (AvgIpc) is 3.57. The zero-order valence-electron chi connectivity index (χ0n) is 25.4. The van der Waals surface area contributed by atoms with Gasteiger partial charge in [0.1, 0.15) is 23.9 Å². The minimum absolute atomic E-state index is 0.0368. The number of hydrogen-bond donors (Lipinski definition) is 3. The van der Waals surface area contributed by atoms with Gasteiger partial charge in [0.25, 0.3) is 0 Å². The predicted molar refractivity (Wildman–Crippen MR) is 167 cm³/mol. The molecule has 1 saturated carbocycles. The highest BCUT2D eigenvalue weighted by molar-refractivity contribution is 5.93. The topological polar surface area (TPSA) is 149 Å². The van der Waals surface area contributed by atoms with Crippen molar-refractivity contribution in [2.75, 3.05) is 21.0 Å². The maximum atomic E-state index is 12.6. The Kier molecular flexibility index (Phi) is 8.82. The molecule has 1 unspecified atom stereocenters. The molecule has 0 bridgehead atoms. The number of aromatic nitrogens is 2. The maximum absolute atomic E-state index is 12.6. The largest absolute Gasteiger partial charge is 0.497 e. The third kappa shape index (κ3) is 6.63. The van der Waals surface area contributed by atoms with E-state index in [9.17, 15) is 19.8 Å². The molecule has 1 fully saturated rings. The summed E-state index contributed by atoms with van der Waals surface area (Å²) in [7, 11) is 3.09. The third-order valence-corrected chi connectivity index (χ3v) is 8.30. The SMILES string of the molecule is COc1ccc(C(CC2CC2)c2[nH]ncc2C=C(Cc2cc3c(cc2OC)OCO3)C(=O)O)c(OCc2ccccc2C(=O)O)c1. The van der Waals surface area contributed by atoms with Gasteiger partial charge in [-0.05, 0) is 36.6 Å². The number of methoxy groups -OCH3 is 2. The van der Waals surface area contributed by atoms with E-state index in [-0.39, 0.29) is 36.9 Å². The van der Waals surface area contributed by atoms with E-state index in [0.717, 1.165) is 30.5 Å². The second kappa shape index (κ2) is 13.3. The maximum Gasteiger partial charge on any atom is 0.336 e. The quantitative estimate of drug-likeness (QED) is 0.141. The lowest BCUT2D eigenvalue weighted by molar-refractivity contribution is -0.132. The van der Waals surface area contributed by atoms with Crippen molar-refractivity contribution in [3.8, 4) is 28.7 Å². The molecule has 0 saturated heterocycles. The summed E-state index contributed by atoms with van der Waals surface area (Å²) in [6.45, 7) is 0.127. The summed E-state index contributed by atoms with van der Waals surface area (Å²) in [5.41, 5.74) is 3.74. The summed E-state index contributed by atoms with van der Waals surface area (Å²) in [5, 5.41) is 27.4. The van der Waals surface area contributed by atoms with Gasteiger partial charge in [0.15, 0.2) is 11.5 Å². The van der Waals surface area contributed by atoms with E-state index in [1.54, 1.807) is 61.8 Å². The fraction of sp³-hybridized carbons (Fsp3) is 0.286. The lowest BCUT2D eigenvalue weighted by atomic mass is 9.87. The molecule has 46 heavy (non-hydrogen) atoms. The summed E-state index contributed by atoms with van der Waals surface area (Å²) in [4.78, 5) is 24.4. The number of carbonyl (C=O) groups is 2. The Bertz CT molecular complexity index is 1790. The highest BCUT2D eigenvalue weighted by Gasteiger charge is 2.32. The number of hydrogen-bond acceptors (Lipinski definition) is 8. The molecule has 3 N–H and O–H groups in total. The van der Waals surface area contributed by atoms with E-state index in [0.29, 0.717) is 51.4 Å². The molecular weight excluding hydrogens is 592 g/mol. The number of nitrogens with one attached hydrogen (secondary N) is 1. The molecule has 1 atom stereocenters. The van der Waals surface area contributed by atoms with E-state index in [2.05, 4.69) is 10.2 Å². The molecule has 11 nitrogen and oxygen atoms in total. The summed E-state index contributed by atoms with van der Waals surface area (Å²) in [6.07, 6.45) is 6.32. The lowest BCUT2D eigenvalue weighted by Crippen LogP contribution is -2.10. The number of nitrogens with zero attached hydrogens (tertiary/aromatic N) is 1. The number of ether oxygens (including phenoxy) is 5. The fourth-order valence-electron chi connectivity index (χ4n) is 5.73. The Balaban J connectivity index is 1.36. The van der Waals surface area contributed by atoms with E-state index in [4.69, 9.17) is 23.7 Å². The van der Waals surface area contributed by atoms with Gasteiger partial charge in [0.2, 0.25) is 6.79 Å². The molecule has 2 heterocycles. The number of aliphatic carboxylic acids is 1. The second-order valence-corrected chi connectivity index (χ2v) is 11.3. The van der Waals surface area contributed by atoms with Crippen LogP contribution in [0.25, 0.3) is 6.08 Å². The number of H-pyrrole nitrogens is 1. The van der Waals surface area contributed by atoms with Crippen molar-refractivity contribution < 1.29 is 43.5 Å². The molecule has 0 amide bonds. The Morgan fingerprint density at radius 2 is 1.78 bits per heavy atom. The number of carboxylic acids is 2. The Hall–Kier alpha value is -5.45. The second-order valence-electron chi connectivity index (χ2n) is 11.3. The first-order valence-electron chi connectivity index (χ1n) is 14.9. The average molecular weight is 627 g/mol. The van der Waals surface area contributed by atoms with Gasteiger partial charge in [-0.3, -0.25) is 5.10 Å². The molecule has 0 spiro atoms. The number of aromatic carboxylic acids is 1. The Morgan fingerprint density at radius 1 is 1.00 bits per heavy atom. The number of fused-ring (bicyclic) bond motifs is 1. The van der Waals surface area contributed by atoms with Gasteiger partial charge < -0.3 is 33.9 Å². The molecule has 1 aliphatic heterocycles. The predicted octanol–water partition coefficient (Wildman–Crippen LogP) is 6.08. The van der Waals surface area contributed by atoms with Gasteiger partial charge in [-0.2, -0.15) is 5.10 Å². The molecule has 6 rings (SSSR count). The molecular formula is C35H34N2O9. The van der Waals surface area contributed by atoms with Crippen LogP contribution in [0.2, 0.25) is 0 Å². The first-order chi connectivity index (χ1) is 22.3. The molecule has 2 aliphatic rings. The fourth-order valence-corrected chi connectivity index (χ4v) is 5.73. The summed E-state index contributed by atoms with van der Waals surface area (Å²) < 4.78 is 28.3. The van der Waals surface area contributed by atoms with Crippen LogP contribution in [0, 0.1) is 5.92 Å². The van der Waals surface area contributed by atoms with E-state index in [1.807, 2.05) is 12.1 Å². The Morgan fingerprint density at radius 3 is 2.50 bits per heavy atom. The smallest absolute Gasteiger partial charge is 0.336 e. The van der Waals surface area contributed by atoms with Crippen LogP contribution in [0.5, 0.6) is 28.7 Å². The van der Waals surface area contributed by atoms with Crippen LogP contribution in [0.4, 0.5) is 0 Å².